The lowest BCUT2D eigenvalue weighted by atomic mass is 9.87. The minimum atomic E-state index is -0.151. The largest absolute Gasteiger partial charge is 0.506 e. The first-order valence-corrected chi connectivity index (χ1v) is 9.15. The molecule has 0 bridgehead atoms. The van der Waals surface area contributed by atoms with Gasteiger partial charge in [-0.3, -0.25) is 9.48 Å². The summed E-state index contributed by atoms with van der Waals surface area (Å²) >= 11 is 0. The van der Waals surface area contributed by atoms with Crippen LogP contribution in [0.3, 0.4) is 0 Å². The van der Waals surface area contributed by atoms with E-state index in [0.717, 1.165) is 29.1 Å². The molecule has 5 nitrogen and oxygen atoms in total. The van der Waals surface area contributed by atoms with Gasteiger partial charge in [-0.05, 0) is 42.9 Å². The topological polar surface area (TPSA) is 67.2 Å². The number of carbonyl (C=O) groups is 1. The van der Waals surface area contributed by atoms with Crippen molar-refractivity contribution in [2.45, 2.75) is 66.8 Å². The van der Waals surface area contributed by atoms with Gasteiger partial charge >= 0.3 is 0 Å². The molecule has 0 fully saturated rings. The van der Waals surface area contributed by atoms with Crippen LogP contribution in [0.5, 0.6) is 5.75 Å². The molecule has 0 unspecified atom stereocenters. The van der Waals surface area contributed by atoms with Crippen LogP contribution in [0, 0.1) is 19.8 Å². The summed E-state index contributed by atoms with van der Waals surface area (Å²) in [7, 11) is 0. The summed E-state index contributed by atoms with van der Waals surface area (Å²) in [4.78, 5) is 12.6. The van der Waals surface area contributed by atoms with E-state index in [2.05, 4.69) is 45.0 Å². The minimum Gasteiger partial charge on any atom is -0.506 e. The molecule has 0 saturated heterocycles. The Labute approximate surface area is 156 Å². The van der Waals surface area contributed by atoms with Gasteiger partial charge in [0.25, 0.3) is 0 Å². The number of hydrogen-bond acceptors (Lipinski definition) is 3. The third-order valence-electron chi connectivity index (χ3n) is 4.54. The number of phenols is 1. The summed E-state index contributed by atoms with van der Waals surface area (Å²) < 4.78 is 1.97. The van der Waals surface area contributed by atoms with Gasteiger partial charge in [0.2, 0.25) is 5.91 Å². The lowest BCUT2D eigenvalue weighted by Crippen LogP contribution is -2.17. The van der Waals surface area contributed by atoms with Crippen molar-refractivity contribution in [2.24, 2.45) is 5.92 Å². The Morgan fingerprint density at radius 1 is 1.27 bits per heavy atom. The van der Waals surface area contributed by atoms with Crippen molar-refractivity contribution in [3.63, 3.8) is 0 Å². The minimum absolute atomic E-state index is 0.0572. The normalized spacial score (nSPS) is 11.8. The SMILES string of the molecule is Cc1nn(CC(C)C)c(C)c1CC(=O)Nc1cc(C(C)(C)C)ccc1O. The Morgan fingerprint density at radius 2 is 1.92 bits per heavy atom. The van der Waals surface area contributed by atoms with Gasteiger partial charge in [-0.1, -0.05) is 40.7 Å². The summed E-state index contributed by atoms with van der Waals surface area (Å²) in [5.41, 5.74) is 4.31. The van der Waals surface area contributed by atoms with Crippen molar-refractivity contribution >= 4 is 11.6 Å². The second kappa shape index (κ2) is 7.52. The quantitative estimate of drug-likeness (QED) is 0.782. The van der Waals surface area contributed by atoms with Crippen molar-refractivity contribution in [3.8, 4) is 5.75 Å². The van der Waals surface area contributed by atoms with Crippen LogP contribution >= 0.6 is 0 Å². The number of hydrogen-bond donors (Lipinski definition) is 2. The fraction of sp³-hybridized carbons (Fsp3) is 0.524. The molecule has 0 saturated carbocycles. The van der Waals surface area contributed by atoms with Crippen LogP contribution in [0.15, 0.2) is 18.2 Å². The van der Waals surface area contributed by atoms with Gasteiger partial charge in [-0.25, -0.2) is 0 Å². The zero-order chi connectivity index (χ0) is 19.6. The summed E-state index contributed by atoms with van der Waals surface area (Å²) in [6, 6.07) is 5.36. The average molecular weight is 357 g/mol. The van der Waals surface area contributed by atoms with E-state index in [-0.39, 0.29) is 23.5 Å². The molecule has 2 rings (SSSR count). The van der Waals surface area contributed by atoms with Gasteiger partial charge in [0, 0.05) is 17.8 Å². The molecule has 0 aliphatic heterocycles. The van der Waals surface area contributed by atoms with Crippen LogP contribution in [-0.4, -0.2) is 20.8 Å². The predicted octanol–water partition coefficient (Wildman–Crippen LogP) is 4.34. The maximum Gasteiger partial charge on any atom is 0.229 e. The molecule has 0 aliphatic carbocycles. The third-order valence-corrected chi connectivity index (χ3v) is 4.54. The maximum atomic E-state index is 12.6. The van der Waals surface area contributed by atoms with E-state index < -0.39 is 0 Å². The molecule has 0 atom stereocenters. The predicted molar refractivity (Wildman–Crippen MR) is 106 cm³/mol. The number of carbonyl (C=O) groups excluding carboxylic acids is 1. The molecule has 5 heteroatoms. The van der Waals surface area contributed by atoms with Gasteiger partial charge < -0.3 is 10.4 Å². The number of nitrogens with zero attached hydrogens (tertiary/aromatic N) is 2. The highest BCUT2D eigenvalue weighted by atomic mass is 16.3. The van der Waals surface area contributed by atoms with Crippen molar-refractivity contribution in [3.05, 3.63) is 40.7 Å². The Kier molecular flexibility index (Phi) is 5.79. The number of rotatable bonds is 5. The van der Waals surface area contributed by atoms with E-state index in [1.54, 1.807) is 6.07 Å². The number of phenolic OH excluding ortho intramolecular Hbond substituents is 1. The molecule has 1 aromatic heterocycles. The van der Waals surface area contributed by atoms with Crippen LogP contribution in [0.25, 0.3) is 0 Å². The van der Waals surface area contributed by atoms with E-state index in [4.69, 9.17) is 0 Å². The number of amides is 1. The van der Waals surface area contributed by atoms with Crippen LogP contribution in [0.1, 0.15) is 57.1 Å². The molecule has 2 N–H and O–H groups in total. The lowest BCUT2D eigenvalue weighted by Gasteiger charge is -2.20. The first-order chi connectivity index (χ1) is 12.0. The smallest absolute Gasteiger partial charge is 0.229 e. The molecule has 1 amide bonds. The number of nitrogens with one attached hydrogen (secondary N) is 1. The number of aromatic hydroxyl groups is 1. The van der Waals surface area contributed by atoms with Gasteiger partial charge in [0.1, 0.15) is 5.75 Å². The second-order valence-corrected chi connectivity index (χ2v) is 8.43. The molecular weight excluding hydrogens is 326 g/mol. The summed E-state index contributed by atoms with van der Waals surface area (Å²) in [5, 5.41) is 17.5. The highest BCUT2D eigenvalue weighted by molar-refractivity contribution is 5.94. The van der Waals surface area contributed by atoms with E-state index in [1.807, 2.05) is 30.7 Å². The zero-order valence-electron chi connectivity index (χ0n) is 17.0. The van der Waals surface area contributed by atoms with Gasteiger partial charge in [-0.15, -0.1) is 0 Å². The fourth-order valence-electron chi connectivity index (χ4n) is 2.97. The van der Waals surface area contributed by atoms with Gasteiger partial charge in [0.05, 0.1) is 17.8 Å². The van der Waals surface area contributed by atoms with E-state index in [0.29, 0.717) is 11.6 Å². The molecule has 1 aromatic carbocycles. The van der Waals surface area contributed by atoms with Crippen LogP contribution in [0.4, 0.5) is 5.69 Å². The first-order valence-electron chi connectivity index (χ1n) is 9.15. The van der Waals surface area contributed by atoms with Crippen molar-refractivity contribution in [1.82, 2.24) is 9.78 Å². The molecule has 1 heterocycles. The summed E-state index contributed by atoms with van der Waals surface area (Å²) in [6.07, 6.45) is 0.245. The highest BCUT2D eigenvalue weighted by Gasteiger charge is 2.19. The molecule has 0 spiro atoms. The van der Waals surface area contributed by atoms with Crippen molar-refractivity contribution < 1.29 is 9.90 Å². The molecule has 142 valence electrons. The highest BCUT2D eigenvalue weighted by Crippen LogP contribution is 2.31. The molecule has 26 heavy (non-hydrogen) atoms. The zero-order valence-corrected chi connectivity index (χ0v) is 17.0. The molecule has 0 radical (unpaired) electrons. The number of benzene rings is 1. The Bertz CT molecular complexity index is 798. The Balaban J connectivity index is 2.19. The average Bonchev–Trinajstić information content (AvgIpc) is 2.75. The monoisotopic (exact) mass is 357 g/mol. The first kappa shape index (κ1) is 20.0. The van der Waals surface area contributed by atoms with E-state index in [9.17, 15) is 9.90 Å². The van der Waals surface area contributed by atoms with Crippen molar-refractivity contribution in [2.75, 3.05) is 5.32 Å². The Hall–Kier alpha value is -2.30. The van der Waals surface area contributed by atoms with Crippen molar-refractivity contribution in [1.29, 1.82) is 0 Å². The summed E-state index contributed by atoms with van der Waals surface area (Å²) in [5.74, 6) is 0.420. The molecular formula is C21H31N3O2. The number of aromatic nitrogens is 2. The van der Waals surface area contributed by atoms with Gasteiger partial charge in [0.15, 0.2) is 0 Å². The van der Waals surface area contributed by atoms with E-state index >= 15 is 0 Å². The summed E-state index contributed by atoms with van der Waals surface area (Å²) in [6.45, 7) is 15.4. The van der Waals surface area contributed by atoms with Crippen LogP contribution in [0.2, 0.25) is 0 Å². The number of anilines is 1. The maximum absolute atomic E-state index is 12.6. The molecule has 0 aliphatic rings. The van der Waals surface area contributed by atoms with Gasteiger partial charge in [-0.2, -0.15) is 5.10 Å². The molecule has 2 aromatic rings. The Morgan fingerprint density at radius 3 is 2.50 bits per heavy atom. The second-order valence-electron chi connectivity index (χ2n) is 8.43. The third kappa shape index (κ3) is 4.65. The fourth-order valence-corrected chi connectivity index (χ4v) is 2.97. The van der Waals surface area contributed by atoms with Crippen LogP contribution in [-0.2, 0) is 23.2 Å². The number of aryl methyl sites for hydroxylation is 1. The van der Waals surface area contributed by atoms with Crippen LogP contribution < -0.4 is 5.32 Å². The standard InChI is InChI=1S/C21H31N3O2/c1-13(2)12-24-15(4)17(14(3)23-24)11-20(26)22-18-10-16(21(5,6)7)8-9-19(18)25/h8-10,13,25H,11-12H2,1-7H3,(H,22,26). The van der Waals surface area contributed by atoms with E-state index in [1.165, 1.54) is 0 Å². The lowest BCUT2D eigenvalue weighted by molar-refractivity contribution is -0.115.